The smallest absolute Gasteiger partial charge is 0.417 e. The van der Waals surface area contributed by atoms with Crippen molar-refractivity contribution < 1.29 is 32.2 Å². The first-order chi connectivity index (χ1) is 6.83. The molecule has 1 unspecified atom stereocenters. The molecule has 4 nitrogen and oxygen atoms in total. The van der Waals surface area contributed by atoms with Crippen LogP contribution < -0.4 is 0 Å². The van der Waals surface area contributed by atoms with Crippen molar-refractivity contribution in [3.63, 3.8) is 0 Å². The largest absolute Gasteiger partial charge is 0.470 e. The van der Waals surface area contributed by atoms with Gasteiger partial charge in [-0.05, 0) is 0 Å². The molecule has 0 aliphatic heterocycles. The summed E-state index contributed by atoms with van der Waals surface area (Å²) in [5.41, 5.74) is 0. The fraction of sp³-hybridized carbons (Fsp3) is 0.250. The second kappa shape index (κ2) is 5.18. The standard InChI is InChI=1S/C8H7F3O4/c1-3-5(12)14-7(9)8(10,11)15-6(13)4-2/h3-4,7H,1-2H2. The number of esters is 2. The zero-order chi connectivity index (χ0) is 12.1. The van der Waals surface area contributed by atoms with E-state index in [4.69, 9.17) is 0 Å². The van der Waals surface area contributed by atoms with Crippen molar-refractivity contribution in [2.24, 2.45) is 0 Å². The fourth-order valence-electron chi connectivity index (χ4n) is 0.441. The maximum Gasteiger partial charge on any atom is 0.470 e. The minimum atomic E-state index is -4.57. The van der Waals surface area contributed by atoms with Crippen LogP contribution in [-0.2, 0) is 19.1 Å². The van der Waals surface area contributed by atoms with E-state index < -0.39 is 24.4 Å². The lowest BCUT2D eigenvalue weighted by atomic mass is 10.5. The molecule has 0 radical (unpaired) electrons. The quantitative estimate of drug-likeness (QED) is 0.522. The topological polar surface area (TPSA) is 52.6 Å². The van der Waals surface area contributed by atoms with E-state index in [-0.39, 0.29) is 0 Å². The highest BCUT2D eigenvalue weighted by molar-refractivity contribution is 5.82. The summed E-state index contributed by atoms with van der Waals surface area (Å²) in [5, 5.41) is 0. The zero-order valence-corrected chi connectivity index (χ0v) is 7.41. The maximum absolute atomic E-state index is 12.6. The van der Waals surface area contributed by atoms with Gasteiger partial charge in [0.2, 0.25) is 0 Å². The van der Waals surface area contributed by atoms with Gasteiger partial charge in [0.25, 0.3) is 0 Å². The van der Waals surface area contributed by atoms with Gasteiger partial charge in [-0.15, -0.1) is 0 Å². The van der Waals surface area contributed by atoms with Crippen LogP contribution in [0.4, 0.5) is 13.2 Å². The minimum Gasteiger partial charge on any atom is -0.417 e. The molecule has 0 spiro atoms. The van der Waals surface area contributed by atoms with Crippen LogP contribution in [-0.4, -0.2) is 24.4 Å². The number of carbonyl (C=O) groups is 2. The molecule has 7 heteroatoms. The Morgan fingerprint density at radius 3 is 2.07 bits per heavy atom. The number of ether oxygens (including phenoxy) is 2. The van der Waals surface area contributed by atoms with Crippen LogP contribution in [0.2, 0.25) is 0 Å². The third-order valence-electron chi connectivity index (χ3n) is 1.05. The van der Waals surface area contributed by atoms with Gasteiger partial charge in [-0.2, -0.15) is 13.2 Å². The summed E-state index contributed by atoms with van der Waals surface area (Å²) in [7, 11) is 0. The summed E-state index contributed by atoms with van der Waals surface area (Å²) in [6.45, 7) is 5.69. The molecule has 0 aliphatic rings. The molecule has 0 aliphatic carbocycles. The van der Waals surface area contributed by atoms with Crippen LogP contribution in [0.15, 0.2) is 25.3 Å². The van der Waals surface area contributed by atoms with E-state index in [2.05, 4.69) is 22.6 Å². The zero-order valence-electron chi connectivity index (χ0n) is 7.41. The van der Waals surface area contributed by atoms with E-state index in [0.717, 1.165) is 0 Å². The van der Waals surface area contributed by atoms with Gasteiger partial charge in [-0.25, -0.2) is 9.59 Å². The Morgan fingerprint density at radius 1 is 1.20 bits per heavy atom. The second-order valence-corrected chi connectivity index (χ2v) is 2.14. The van der Waals surface area contributed by atoms with Gasteiger partial charge in [0.1, 0.15) is 0 Å². The molecule has 84 valence electrons. The molecule has 0 saturated heterocycles. The van der Waals surface area contributed by atoms with Gasteiger partial charge >= 0.3 is 24.4 Å². The third kappa shape index (κ3) is 4.30. The highest BCUT2D eigenvalue weighted by atomic mass is 19.3. The van der Waals surface area contributed by atoms with Crippen LogP contribution in [0.5, 0.6) is 0 Å². The van der Waals surface area contributed by atoms with Crippen LogP contribution in [0, 0.1) is 0 Å². The van der Waals surface area contributed by atoms with Crippen molar-refractivity contribution >= 4 is 11.9 Å². The Kier molecular flexibility index (Phi) is 4.56. The molecule has 15 heavy (non-hydrogen) atoms. The number of alkyl halides is 3. The molecule has 0 fully saturated rings. The van der Waals surface area contributed by atoms with Gasteiger partial charge in [0.15, 0.2) is 0 Å². The molecule has 0 saturated carbocycles. The van der Waals surface area contributed by atoms with E-state index in [0.29, 0.717) is 12.2 Å². The van der Waals surface area contributed by atoms with Gasteiger partial charge in [-0.1, -0.05) is 13.2 Å². The Hall–Kier alpha value is -1.79. The van der Waals surface area contributed by atoms with Gasteiger partial charge in [0, 0.05) is 12.2 Å². The summed E-state index contributed by atoms with van der Waals surface area (Å²) in [6.07, 6.45) is -7.07. The Balaban J connectivity index is 4.43. The summed E-state index contributed by atoms with van der Waals surface area (Å²) in [6, 6.07) is 0. The summed E-state index contributed by atoms with van der Waals surface area (Å²) < 4.78 is 44.6. The van der Waals surface area contributed by atoms with E-state index in [9.17, 15) is 22.8 Å². The molecule has 0 amide bonds. The minimum absolute atomic E-state index is 0.413. The van der Waals surface area contributed by atoms with Crippen molar-refractivity contribution in [1.29, 1.82) is 0 Å². The predicted molar refractivity (Wildman–Crippen MR) is 42.4 cm³/mol. The number of rotatable bonds is 5. The Labute approximate surface area is 83.0 Å². The lowest BCUT2D eigenvalue weighted by Crippen LogP contribution is -2.37. The molecule has 0 aromatic rings. The highest BCUT2D eigenvalue weighted by Gasteiger charge is 2.47. The molecule has 0 aromatic carbocycles. The van der Waals surface area contributed by atoms with E-state index in [1.165, 1.54) is 0 Å². The molecule has 0 aromatic heterocycles. The van der Waals surface area contributed by atoms with Gasteiger partial charge < -0.3 is 9.47 Å². The first-order valence-corrected chi connectivity index (χ1v) is 3.54. The van der Waals surface area contributed by atoms with Crippen LogP contribution in [0.1, 0.15) is 0 Å². The van der Waals surface area contributed by atoms with E-state index in [1.807, 2.05) is 0 Å². The number of hydrogen-bond donors (Lipinski definition) is 0. The van der Waals surface area contributed by atoms with Crippen LogP contribution >= 0.6 is 0 Å². The van der Waals surface area contributed by atoms with E-state index in [1.54, 1.807) is 0 Å². The molecule has 0 bridgehead atoms. The second-order valence-electron chi connectivity index (χ2n) is 2.14. The summed E-state index contributed by atoms with van der Waals surface area (Å²) >= 11 is 0. The SMILES string of the molecule is C=CC(=O)OC(F)C(F)(F)OC(=O)C=C. The normalized spacial score (nSPS) is 12.5. The average Bonchev–Trinajstić information content (AvgIpc) is 2.16. The van der Waals surface area contributed by atoms with Crippen molar-refractivity contribution in [2.75, 3.05) is 0 Å². The Bertz CT molecular complexity index is 288. The monoisotopic (exact) mass is 224 g/mol. The van der Waals surface area contributed by atoms with Crippen molar-refractivity contribution in [1.82, 2.24) is 0 Å². The molecular weight excluding hydrogens is 217 g/mol. The lowest BCUT2D eigenvalue weighted by molar-refractivity contribution is -0.303. The average molecular weight is 224 g/mol. The molecule has 0 N–H and O–H groups in total. The number of hydrogen-bond acceptors (Lipinski definition) is 4. The van der Waals surface area contributed by atoms with Crippen molar-refractivity contribution in [3.8, 4) is 0 Å². The maximum atomic E-state index is 12.6. The van der Waals surface area contributed by atoms with Crippen LogP contribution in [0.3, 0.4) is 0 Å². The van der Waals surface area contributed by atoms with Crippen molar-refractivity contribution in [3.05, 3.63) is 25.3 Å². The molecule has 0 rings (SSSR count). The van der Waals surface area contributed by atoms with Gasteiger partial charge in [-0.3, -0.25) is 0 Å². The van der Waals surface area contributed by atoms with E-state index >= 15 is 0 Å². The molecule has 0 heterocycles. The summed E-state index contributed by atoms with van der Waals surface area (Å²) in [5.74, 6) is -2.95. The number of halogens is 3. The molecule has 1 atom stereocenters. The number of carbonyl (C=O) groups excluding carboxylic acids is 2. The third-order valence-corrected chi connectivity index (χ3v) is 1.05. The van der Waals surface area contributed by atoms with Gasteiger partial charge in [0.05, 0.1) is 0 Å². The fourth-order valence-corrected chi connectivity index (χ4v) is 0.441. The highest BCUT2D eigenvalue weighted by Crippen LogP contribution is 2.24. The first-order valence-electron chi connectivity index (χ1n) is 3.54. The summed E-state index contributed by atoms with van der Waals surface area (Å²) in [4.78, 5) is 20.7. The predicted octanol–water partition coefficient (Wildman–Crippen LogP) is 1.33. The molecular formula is C8H7F3O4. The lowest BCUT2D eigenvalue weighted by Gasteiger charge is -2.18. The Morgan fingerprint density at radius 2 is 1.67 bits per heavy atom. The van der Waals surface area contributed by atoms with Crippen LogP contribution in [0.25, 0.3) is 0 Å². The first kappa shape index (κ1) is 13.2. The van der Waals surface area contributed by atoms with Crippen molar-refractivity contribution in [2.45, 2.75) is 12.5 Å².